The normalized spacial score (nSPS) is 10.9. The van der Waals surface area contributed by atoms with E-state index in [0.29, 0.717) is 17.5 Å². The summed E-state index contributed by atoms with van der Waals surface area (Å²) in [6, 6.07) is 17.6. The van der Waals surface area contributed by atoms with Crippen LogP contribution in [0.25, 0.3) is 22.8 Å². The maximum Gasteiger partial charge on any atom is 0.237 e. The first-order valence-electron chi connectivity index (χ1n) is 8.87. The minimum Gasteiger partial charge on any atom is -0.497 e. The maximum absolute atomic E-state index is 5.38. The van der Waals surface area contributed by atoms with Gasteiger partial charge >= 0.3 is 0 Å². The monoisotopic (exact) mass is 393 g/mol. The molecule has 4 aromatic rings. The third-order valence-electron chi connectivity index (χ3n) is 4.21. The van der Waals surface area contributed by atoms with Crippen molar-refractivity contribution in [3.8, 4) is 28.5 Å². The van der Waals surface area contributed by atoms with E-state index in [4.69, 9.17) is 9.26 Å². The van der Waals surface area contributed by atoms with Crippen LogP contribution < -0.4 is 4.74 Å². The number of rotatable bonds is 7. The molecule has 0 spiro atoms. The van der Waals surface area contributed by atoms with Gasteiger partial charge in [-0.15, -0.1) is 10.2 Å². The quantitative estimate of drug-likeness (QED) is 0.433. The van der Waals surface area contributed by atoms with E-state index in [1.54, 1.807) is 7.11 Å². The highest BCUT2D eigenvalue weighted by Crippen LogP contribution is 2.27. The Morgan fingerprint density at radius 3 is 2.50 bits per heavy atom. The van der Waals surface area contributed by atoms with Crippen LogP contribution in [0.2, 0.25) is 0 Å². The molecule has 0 saturated heterocycles. The fraction of sp³-hybridized carbons (Fsp3) is 0.200. The molecule has 28 heavy (non-hydrogen) atoms. The molecule has 4 rings (SSSR count). The van der Waals surface area contributed by atoms with Crippen molar-refractivity contribution >= 4 is 11.8 Å². The molecule has 0 unspecified atom stereocenters. The summed E-state index contributed by atoms with van der Waals surface area (Å²) < 4.78 is 12.7. The summed E-state index contributed by atoms with van der Waals surface area (Å²) in [6.07, 6.45) is 0. The van der Waals surface area contributed by atoms with Gasteiger partial charge in [-0.05, 0) is 31.2 Å². The lowest BCUT2D eigenvalue weighted by atomic mass is 10.2. The molecule has 0 N–H and O–H groups in total. The van der Waals surface area contributed by atoms with Crippen LogP contribution in [0.4, 0.5) is 0 Å². The minimum atomic E-state index is 0.528. The molecule has 0 radical (unpaired) electrons. The molecule has 0 bridgehead atoms. The van der Waals surface area contributed by atoms with Gasteiger partial charge in [0, 0.05) is 17.7 Å². The molecule has 0 saturated carbocycles. The van der Waals surface area contributed by atoms with Gasteiger partial charge < -0.3 is 13.8 Å². The fourth-order valence-electron chi connectivity index (χ4n) is 2.78. The molecule has 0 atom stereocenters. The molecule has 8 heteroatoms. The first-order valence-corrected chi connectivity index (χ1v) is 9.85. The topological polar surface area (TPSA) is 78.9 Å². The summed E-state index contributed by atoms with van der Waals surface area (Å²) >= 11 is 1.52. The van der Waals surface area contributed by atoms with Gasteiger partial charge in [-0.25, -0.2) is 0 Å². The van der Waals surface area contributed by atoms with Crippen molar-refractivity contribution < 1.29 is 9.26 Å². The molecule has 0 amide bonds. The number of hydrogen-bond donors (Lipinski definition) is 0. The van der Waals surface area contributed by atoms with E-state index >= 15 is 0 Å². The second-order valence-corrected chi connectivity index (χ2v) is 6.89. The van der Waals surface area contributed by atoms with Crippen molar-refractivity contribution in [3.05, 3.63) is 60.5 Å². The fourth-order valence-corrected chi connectivity index (χ4v) is 3.62. The second-order valence-electron chi connectivity index (χ2n) is 5.95. The summed E-state index contributed by atoms with van der Waals surface area (Å²) in [4.78, 5) is 4.47. The van der Waals surface area contributed by atoms with Gasteiger partial charge in [0.25, 0.3) is 0 Å². The number of ether oxygens (including phenoxy) is 1. The Morgan fingerprint density at radius 2 is 1.79 bits per heavy atom. The summed E-state index contributed by atoms with van der Waals surface area (Å²) in [6.45, 7) is 2.83. The van der Waals surface area contributed by atoms with Crippen LogP contribution in [0, 0.1) is 0 Å². The Balaban J connectivity index is 1.50. The number of thioether (sulfide) groups is 1. The largest absolute Gasteiger partial charge is 0.497 e. The highest BCUT2D eigenvalue weighted by Gasteiger charge is 2.15. The van der Waals surface area contributed by atoms with Crippen molar-refractivity contribution in [3.63, 3.8) is 0 Å². The molecule has 2 aromatic heterocycles. The number of hydrogen-bond acceptors (Lipinski definition) is 7. The van der Waals surface area contributed by atoms with Gasteiger partial charge in [0.15, 0.2) is 11.0 Å². The second kappa shape index (κ2) is 8.26. The molecule has 7 nitrogen and oxygen atoms in total. The molecule has 142 valence electrons. The molecule has 2 heterocycles. The van der Waals surface area contributed by atoms with Crippen LogP contribution in [0.1, 0.15) is 12.8 Å². The van der Waals surface area contributed by atoms with Crippen LogP contribution in [-0.2, 0) is 12.3 Å². The zero-order valence-electron chi connectivity index (χ0n) is 15.6. The lowest BCUT2D eigenvalue weighted by molar-refractivity contribution is 0.391. The van der Waals surface area contributed by atoms with E-state index in [1.807, 2.05) is 54.6 Å². The molecule has 0 aliphatic heterocycles. The molecular formula is C20H19N5O2S. The van der Waals surface area contributed by atoms with Crippen LogP contribution in [0.15, 0.2) is 64.3 Å². The summed E-state index contributed by atoms with van der Waals surface area (Å²) in [5.74, 6) is 3.31. The minimum absolute atomic E-state index is 0.528. The average molecular weight is 393 g/mol. The first-order chi connectivity index (χ1) is 13.8. The average Bonchev–Trinajstić information content (AvgIpc) is 3.39. The maximum atomic E-state index is 5.38. The van der Waals surface area contributed by atoms with Crippen molar-refractivity contribution in [2.45, 2.75) is 24.4 Å². The Morgan fingerprint density at radius 1 is 1.00 bits per heavy atom. The lowest BCUT2D eigenvalue weighted by Crippen LogP contribution is -2.00. The van der Waals surface area contributed by atoms with Crippen molar-refractivity contribution in [2.24, 2.45) is 0 Å². The smallest absolute Gasteiger partial charge is 0.237 e. The Bertz CT molecular complexity index is 1040. The predicted octanol–water partition coefficient (Wildman–Crippen LogP) is 4.32. The van der Waals surface area contributed by atoms with E-state index in [9.17, 15) is 0 Å². The molecule has 2 aromatic carbocycles. The molecule has 0 aliphatic rings. The van der Waals surface area contributed by atoms with Crippen LogP contribution >= 0.6 is 11.8 Å². The summed E-state index contributed by atoms with van der Waals surface area (Å²) in [5.41, 5.74) is 1.92. The van der Waals surface area contributed by atoms with E-state index < -0.39 is 0 Å². The predicted molar refractivity (Wildman–Crippen MR) is 107 cm³/mol. The van der Waals surface area contributed by atoms with Gasteiger partial charge in [-0.3, -0.25) is 0 Å². The van der Waals surface area contributed by atoms with Crippen molar-refractivity contribution in [1.29, 1.82) is 0 Å². The zero-order chi connectivity index (χ0) is 19.3. The third kappa shape index (κ3) is 3.77. The van der Waals surface area contributed by atoms with E-state index in [2.05, 4.69) is 31.8 Å². The van der Waals surface area contributed by atoms with Gasteiger partial charge in [0.2, 0.25) is 11.7 Å². The summed E-state index contributed by atoms with van der Waals surface area (Å²) in [7, 11) is 1.65. The number of benzene rings is 2. The Kier molecular flexibility index (Phi) is 5.38. The zero-order valence-corrected chi connectivity index (χ0v) is 16.4. The highest BCUT2D eigenvalue weighted by molar-refractivity contribution is 7.98. The third-order valence-corrected chi connectivity index (χ3v) is 5.16. The van der Waals surface area contributed by atoms with Crippen molar-refractivity contribution in [2.75, 3.05) is 7.11 Å². The standard InChI is InChI=1S/C20H19N5O2S/c1-3-25-19(15-9-11-16(26-2)12-10-15)22-23-20(25)28-13-17-21-18(24-27-17)14-7-5-4-6-8-14/h4-12H,3,13H2,1-2H3. The van der Waals surface area contributed by atoms with E-state index in [-0.39, 0.29) is 0 Å². The highest BCUT2D eigenvalue weighted by atomic mass is 32.2. The Labute approximate surface area is 166 Å². The van der Waals surface area contributed by atoms with Gasteiger partial charge in [0.05, 0.1) is 12.9 Å². The van der Waals surface area contributed by atoms with Gasteiger partial charge in [-0.1, -0.05) is 47.3 Å². The number of nitrogens with zero attached hydrogens (tertiary/aromatic N) is 5. The van der Waals surface area contributed by atoms with Crippen LogP contribution in [0.5, 0.6) is 5.75 Å². The van der Waals surface area contributed by atoms with Crippen LogP contribution in [0.3, 0.4) is 0 Å². The first kappa shape index (κ1) is 18.2. The van der Waals surface area contributed by atoms with Crippen molar-refractivity contribution in [1.82, 2.24) is 24.9 Å². The van der Waals surface area contributed by atoms with Gasteiger partial charge in [-0.2, -0.15) is 4.98 Å². The Hall–Kier alpha value is -3.13. The lowest BCUT2D eigenvalue weighted by Gasteiger charge is -2.07. The molecule has 0 fully saturated rings. The number of methoxy groups -OCH3 is 1. The SMILES string of the molecule is CCn1c(SCc2nc(-c3ccccc3)no2)nnc1-c1ccc(OC)cc1. The van der Waals surface area contributed by atoms with Gasteiger partial charge in [0.1, 0.15) is 5.75 Å². The number of aromatic nitrogens is 5. The molecule has 0 aliphatic carbocycles. The summed E-state index contributed by atoms with van der Waals surface area (Å²) in [5, 5.41) is 13.6. The van der Waals surface area contributed by atoms with E-state index in [0.717, 1.165) is 34.4 Å². The van der Waals surface area contributed by atoms with E-state index in [1.165, 1.54) is 11.8 Å². The molecular weight excluding hydrogens is 374 g/mol. The van der Waals surface area contributed by atoms with Crippen LogP contribution in [-0.4, -0.2) is 32.0 Å².